The lowest BCUT2D eigenvalue weighted by Crippen LogP contribution is -1.90. The third-order valence-electron chi connectivity index (χ3n) is 2.02. The molecule has 0 aliphatic heterocycles. The summed E-state index contributed by atoms with van der Waals surface area (Å²) in [6.45, 7) is 1.94. The van der Waals surface area contributed by atoms with E-state index in [1.54, 1.807) is 24.5 Å². The summed E-state index contributed by atoms with van der Waals surface area (Å²) >= 11 is 0. The average molecular weight is 186 g/mol. The third kappa shape index (κ3) is 1.44. The smallest absolute Gasteiger partial charge is 0.143 e. The predicted octanol–water partition coefficient (Wildman–Crippen LogP) is 2.16. The Bertz CT molecular complexity index is 411. The van der Waals surface area contributed by atoms with Gasteiger partial charge in [0.1, 0.15) is 11.4 Å². The number of rotatable bonds is 1. The first-order chi connectivity index (χ1) is 6.79. The Morgan fingerprint density at radius 1 is 1.00 bits per heavy atom. The Morgan fingerprint density at radius 3 is 2.29 bits per heavy atom. The largest absolute Gasteiger partial charge is 0.506 e. The van der Waals surface area contributed by atoms with Crippen LogP contribution >= 0.6 is 0 Å². The molecule has 2 aromatic heterocycles. The SMILES string of the molecule is Cc1cccnc1-c1ncccc1O. The normalized spacial score (nSPS) is 10.1. The van der Waals surface area contributed by atoms with E-state index in [9.17, 15) is 5.11 Å². The fourth-order valence-electron chi connectivity index (χ4n) is 1.31. The molecule has 0 saturated heterocycles. The van der Waals surface area contributed by atoms with Gasteiger partial charge in [0.05, 0.1) is 5.69 Å². The Morgan fingerprint density at radius 2 is 1.64 bits per heavy atom. The molecule has 70 valence electrons. The molecule has 3 heteroatoms. The lowest BCUT2D eigenvalue weighted by Gasteiger charge is -2.04. The number of aromatic nitrogens is 2. The van der Waals surface area contributed by atoms with Gasteiger partial charge in [-0.3, -0.25) is 9.97 Å². The van der Waals surface area contributed by atoms with Crippen molar-refractivity contribution in [1.29, 1.82) is 0 Å². The van der Waals surface area contributed by atoms with Crippen LogP contribution in [0.1, 0.15) is 5.56 Å². The van der Waals surface area contributed by atoms with Gasteiger partial charge in [-0.15, -0.1) is 0 Å². The van der Waals surface area contributed by atoms with Crippen LogP contribution in [0.4, 0.5) is 0 Å². The van der Waals surface area contributed by atoms with E-state index in [-0.39, 0.29) is 5.75 Å². The van der Waals surface area contributed by atoms with E-state index in [0.717, 1.165) is 11.3 Å². The van der Waals surface area contributed by atoms with Gasteiger partial charge >= 0.3 is 0 Å². The van der Waals surface area contributed by atoms with Crippen molar-refractivity contribution in [3.05, 3.63) is 42.2 Å². The van der Waals surface area contributed by atoms with Crippen molar-refractivity contribution in [2.75, 3.05) is 0 Å². The monoisotopic (exact) mass is 186 g/mol. The molecule has 0 fully saturated rings. The van der Waals surface area contributed by atoms with Crippen molar-refractivity contribution < 1.29 is 5.11 Å². The number of aromatic hydroxyl groups is 1. The number of nitrogens with zero attached hydrogens (tertiary/aromatic N) is 2. The Kier molecular flexibility index (Phi) is 2.14. The summed E-state index contributed by atoms with van der Waals surface area (Å²) < 4.78 is 0. The second kappa shape index (κ2) is 3.46. The van der Waals surface area contributed by atoms with Gasteiger partial charge in [0.15, 0.2) is 0 Å². The number of hydrogen-bond acceptors (Lipinski definition) is 3. The first-order valence-electron chi connectivity index (χ1n) is 4.35. The van der Waals surface area contributed by atoms with Crippen LogP contribution in [0.25, 0.3) is 11.4 Å². The molecule has 0 atom stereocenters. The second-order valence-electron chi connectivity index (χ2n) is 3.04. The van der Waals surface area contributed by atoms with Crippen LogP contribution in [0.2, 0.25) is 0 Å². The minimum atomic E-state index is 0.161. The van der Waals surface area contributed by atoms with Crippen molar-refractivity contribution in [3.63, 3.8) is 0 Å². The summed E-state index contributed by atoms with van der Waals surface area (Å²) in [5.41, 5.74) is 2.26. The van der Waals surface area contributed by atoms with Crippen LogP contribution < -0.4 is 0 Å². The van der Waals surface area contributed by atoms with Crippen LogP contribution in [0.15, 0.2) is 36.7 Å². The van der Waals surface area contributed by atoms with Gasteiger partial charge in [-0.25, -0.2) is 0 Å². The number of aryl methyl sites for hydroxylation is 1. The molecule has 2 rings (SSSR count). The fraction of sp³-hybridized carbons (Fsp3) is 0.0909. The van der Waals surface area contributed by atoms with Crippen LogP contribution in [-0.4, -0.2) is 15.1 Å². The van der Waals surface area contributed by atoms with Crippen molar-refractivity contribution in [2.45, 2.75) is 6.92 Å². The molecule has 2 heterocycles. The van der Waals surface area contributed by atoms with Gasteiger partial charge in [-0.2, -0.15) is 0 Å². The maximum Gasteiger partial charge on any atom is 0.143 e. The Balaban J connectivity index is 2.61. The van der Waals surface area contributed by atoms with Gasteiger partial charge in [-0.1, -0.05) is 6.07 Å². The number of pyridine rings is 2. The summed E-state index contributed by atoms with van der Waals surface area (Å²) in [6.07, 6.45) is 3.33. The Labute approximate surface area is 82.1 Å². The molecular formula is C11H10N2O. The third-order valence-corrected chi connectivity index (χ3v) is 2.02. The van der Waals surface area contributed by atoms with Crippen LogP contribution in [0.5, 0.6) is 5.75 Å². The molecule has 0 amide bonds. The first kappa shape index (κ1) is 8.69. The van der Waals surface area contributed by atoms with Gasteiger partial charge in [-0.05, 0) is 30.7 Å². The van der Waals surface area contributed by atoms with E-state index in [1.165, 1.54) is 0 Å². The highest BCUT2D eigenvalue weighted by molar-refractivity contribution is 5.64. The van der Waals surface area contributed by atoms with E-state index in [4.69, 9.17) is 0 Å². The van der Waals surface area contributed by atoms with Gasteiger partial charge in [0.2, 0.25) is 0 Å². The first-order valence-corrected chi connectivity index (χ1v) is 4.35. The highest BCUT2D eigenvalue weighted by atomic mass is 16.3. The molecule has 0 aromatic carbocycles. The average Bonchev–Trinajstić information content (AvgIpc) is 2.20. The van der Waals surface area contributed by atoms with Crippen molar-refractivity contribution >= 4 is 0 Å². The van der Waals surface area contributed by atoms with Crippen LogP contribution in [-0.2, 0) is 0 Å². The molecule has 0 spiro atoms. The lowest BCUT2D eigenvalue weighted by molar-refractivity contribution is 0.475. The molecule has 0 bridgehead atoms. The van der Waals surface area contributed by atoms with Crippen LogP contribution in [0, 0.1) is 6.92 Å². The zero-order valence-electron chi connectivity index (χ0n) is 7.81. The molecule has 0 radical (unpaired) electrons. The molecular weight excluding hydrogens is 176 g/mol. The van der Waals surface area contributed by atoms with E-state index >= 15 is 0 Å². The molecule has 1 N–H and O–H groups in total. The lowest BCUT2D eigenvalue weighted by atomic mass is 10.1. The fourth-order valence-corrected chi connectivity index (χ4v) is 1.31. The molecule has 14 heavy (non-hydrogen) atoms. The maximum atomic E-state index is 9.59. The van der Waals surface area contributed by atoms with E-state index in [0.29, 0.717) is 5.69 Å². The van der Waals surface area contributed by atoms with Crippen molar-refractivity contribution in [3.8, 4) is 17.1 Å². The van der Waals surface area contributed by atoms with Gasteiger partial charge in [0, 0.05) is 12.4 Å². The highest BCUT2D eigenvalue weighted by Crippen LogP contribution is 2.26. The summed E-state index contributed by atoms with van der Waals surface area (Å²) in [4.78, 5) is 8.28. The topological polar surface area (TPSA) is 46.0 Å². The summed E-state index contributed by atoms with van der Waals surface area (Å²) in [5, 5.41) is 9.59. The molecule has 3 nitrogen and oxygen atoms in total. The molecule has 0 unspecified atom stereocenters. The summed E-state index contributed by atoms with van der Waals surface area (Å²) in [7, 11) is 0. The van der Waals surface area contributed by atoms with Gasteiger partial charge in [0.25, 0.3) is 0 Å². The molecule has 2 aromatic rings. The van der Waals surface area contributed by atoms with E-state index in [2.05, 4.69) is 9.97 Å². The minimum Gasteiger partial charge on any atom is -0.506 e. The second-order valence-corrected chi connectivity index (χ2v) is 3.04. The molecule has 0 saturated carbocycles. The van der Waals surface area contributed by atoms with Gasteiger partial charge < -0.3 is 5.11 Å². The number of hydrogen-bond donors (Lipinski definition) is 1. The highest BCUT2D eigenvalue weighted by Gasteiger charge is 2.07. The van der Waals surface area contributed by atoms with Crippen molar-refractivity contribution in [1.82, 2.24) is 9.97 Å². The quantitative estimate of drug-likeness (QED) is 0.742. The maximum absolute atomic E-state index is 9.59. The van der Waals surface area contributed by atoms with E-state index < -0.39 is 0 Å². The minimum absolute atomic E-state index is 0.161. The molecule has 0 aliphatic rings. The standard InChI is InChI=1S/C11H10N2O/c1-8-4-2-6-12-10(8)11-9(14)5-3-7-13-11/h2-7,14H,1H3. The summed E-state index contributed by atoms with van der Waals surface area (Å²) in [5.74, 6) is 0.161. The predicted molar refractivity (Wildman–Crippen MR) is 53.9 cm³/mol. The zero-order valence-corrected chi connectivity index (χ0v) is 7.81. The van der Waals surface area contributed by atoms with Crippen molar-refractivity contribution in [2.24, 2.45) is 0 Å². The summed E-state index contributed by atoms with van der Waals surface area (Å²) in [6, 6.07) is 7.10. The van der Waals surface area contributed by atoms with E-state index in [1.807, 2.05) is 19.1 Å². The zero-order chi connectivity index (χ0) is 9.97. The molecule has 0 aliphatic carbocycles. The Hall–Kier alpha value is -1.90. The van der Waals surface area contributed by atoms with Crippen LogP contribution in [0.3, 0.4) is 0 Å².